The smallest absolute Gasteiger partial charge is 0.263 e. The molecule has 1 aliphatic rings. The molecule has 7 nitrogen and oxygen atoms in total. The number of hydrogen-bond acceptors (Lipinski definition) is 6. The van der Waals surface area contributed by atoms with E-state index >= 15 is 0 Å². The molecule has 0 atom stereocenters. The molecule has 0 saturated heterocycles. The lowest BCUT2D eigenvalue weighted by atomic mass is 10.1. The van der Waals surface area contributed by atoms with Gasteiger partial charge in [-0.3, -0.25) is 5.10 Å². The highest BCUT2D eigenvalue weighted by Gasteiger charge is 2.20. The fraction of sp³-hybridized carbons (Fsp3) is 0.500. The van der Waals surface area contributed by atoms with Crippen LogP contribution in [0.4, 0.5) is 5.82 Å². The number of H-pyrrole nitrogens is 1. The molecule has 3 aromatic rings. The number of aryl methyl sites for hydroxylation is 2. The van der Waals surface area contributed by atoms with Gasteiger partial charge in [0.15, 0.2) is 0 Å². The van der Waals surface area contributed by atoms with Gasteiger partial charge in [0.2, 0.25) is 0 Å². The van der Waals surface area contributed by atoms with Crippen LogP contribution in [0, 0.1) is 6.92 Å². The van der Waals surface area contributed by atoms with Crippen LogP contribution in [0.5, 0.6) is 0 Å². The Hall–Kier alpha value is -2.44. The monoisotopic (exact) mass is 312 g/mol. The molecule has 120 valence electrons. The molecule has 0 aliphatic heterocycles. The van der Waals surface area contributed by atoms with Gasteiger partial charge in [-0.25, -0.2) is 4.98 Å². The van der Waals surface area contributed by atoms with Gasteiger partial charge in [0.25, 0.3) is 5.71 Å². The number of fused-ring (bicyclic) bond motifs is 2. The molecular formula is C16H20N6O. The third-order valence-electron chi connectivity index (χ3n) is 4.56. The first-order valence-electron chi connectivity index (χ1n) is 8.07. The van der Waals surface area contributed by atoms with Crippen molar-refractivity contribution in [3.63, 3.8) is 0 Å². The third-order valence-corrected chi connectivity index (χ3v) is 4.56. The maximum Gasteiger partial charge on any atom is 0.263 e. The van der Waals surface area contributed by atoms with Crippen LogP contribution in [0.2, 0.25) is 0 Å². The molecule has 0 bridgehead atoms. The quantitative estimate of drug-likeness (QED) is 0.748. The first-order chi connectivity index (χ1) is 11.2. The fourth-order valence-corrected chi connectivity index (χ4v) is 3.35. The molecule has 0 radical (unpaired) electrons. The van der Waals surface area contributed by atoms with E-state index in [2.05, 4.69) is 30.2 Å². The van der Waals surface area contributed by atoms with Crippen molar-refractivity contribution in [3.05, 3.63) is 29.0 Å². The molecule has 7 heteroatoms. The molecule has 0 spiro atoms. The molecule has 3 heterocycles. The minimum absolute atomic E-state index is 0.528. The molecule has 0 unspecified atom stereocenters. The third kappa shape index (κ3) is 2.46. The topological polar surface area (TPSA) is 83.7 Å². The summed E-state index contributed by atoms with van der Waals surface area (Å²) >= 11 is 0. The second-order valence-electron chi connectivity index (χ2n) is 6.19. The van der Waals surface area contributed by atoms with E-state index in [-0.39, 0.29) is 0 Å². The Kier molecular flexibility index (Phi) is 3.48. The van der Waals surface area contributed by atoms with Gasteiger partial charge in [-0.05, 0) is 38.2 Å². The van der Waals surface area contributed by atoms with Crippen LogP contribution in [0.15, 0.2) is 10.9 Å². The van der Waals surface area contributed by atoms with Crippen molar-refractivity contribution in [2.45, 2.75) is 45.6 Å². The zero-order chi connectivity index (χ0) is 15.8. The van der Waals surface area contributed by atoms with E-state index in [4.69, 9.17) is 4.52 Å². The van der Waals surface area contributed by atoms with Crippen molar-refractivity contribution < 1.29 is 4.52 Å². The van der Waals surface area contributed by atoms with E-state index in [0.717, 1.165) is 35.4 Å². The normalized spacial score (nSPS) is 14.7. The fourth-order valence-electron chi connectivity index (χ4n) is 3.35. The van der Waals surface area contributed by atoms with Crippen LogP contribution in [0.1, 0.15) is 41.9 Å². The highest BCUT2D eigenvalue weighted by molar-refractivity contribution is 5.87. The van der Waals surface area contributed by atoms with Crippen LogP contribution >= 0.6 is 0 Å². The Bertz CT molecular complexity index is 836. The van der Waals surface area contributed by atoms with E-state index in [1.54, 1.807) is 0 Å². The zero-order valence-corrected chi connectivity index (χ0v) is 13.5. The van der Waals surface area contributed by atoms with Gasteiger partial charge in [0, 0.05) is 12.7 Å². The van der Waals surface area contributed by atoms with Crippen molar-refractivity contribution in [3.8, 4) is 0 Å². The summed E-state index contributed by atoms with van der Waals surface area (Å²) in [5, 5.41) is 12.6. The highest BCUT2D eigenvalue weighted by Crippen LogP contribution is 2.27. The lowest BCUT2D eigenvalue weighted by molar-refractivity contribution is 0.442. The summed E-state index contributed by atoms with van der Waals surface area (Å²) in [5.74, 6) is 0.833. The van der Waals surface area contributed by atoms with Crippen molar-refractivity contribution in [1.29, 1.82) is 0 Å². The van der Waals surface area contributed by atoms with Gasteiger partial charge in [0.05, 0.1) is 17.9 Å². The molecule has 0 amide bonds. The average Bonchev–Trinajstić information content (AvgIpc) is 3.03. The molecule has 3 aromatic heterocycles. The molecule has 1 N–H and O–H groups in total. The second-order valence-corrected chi connectivity index (χ2v) is 6.19. The minimum atomic E-state index is 0.528. The summed E-state index contributed by atoms with van der Waals surface area (Å²) < 4.78 is 5.23. The number of aromatic amines is 1. The molecule has 0 fully saturated rings. The Morgan fingerprint density at radius 1 is 1.22 bits per heavy atom. The van der Waals surface area contributed by atoms with Crippen LogP contribution < -0.4 is 4.90 Å². The van der Waals surface area contributed by atoms with Gasteiger partial charge in [0.1, 0.15) is 17.5 Å². The Balaban J connectivity index is 1.66. The summed E-state index contributed by atoms with van der Waals surface area (Å²) in [5.41, 5.74) is 5.15. The zero-order valence-electron chi connectivity index (χ0n) is 13.5. The van der Waals surface area contributed by atoms with E-state index in [9.17, 15) is 0 Å². The second kappa shape index (κ2) is 5.64. The highest BCUT2D eigenvalue weighted by atomic mass is 16.5. The Morgan fingerprint density at radius 3 is 3.00 bits per heavy atom. The Labute approximate surface area is 134 Å². The summed E-state index contributed by atoms with van der Waals surface area (Å²) in [6.07, 6.45) is 7.52. The van der Waals surface area contributed by atoms with Crippen LogP contribution in [0.25, 0.3) is 11.1 Å². The number of nitrogens with zero attached hydrogens (tertiary/aromatic N) is 5. The van der Waals surface area contributed by atoms with Gasteiger partial charge < -0.3 is 9.42 Å². The van der Waals surface area contributed by atoms with Crippen LogP contribution in [0.3, 0.4) is 0 Å². The summed E-state index contributed by atoms with van der Waals surface area (Å²) in [6, 6.07) is 0. The molecule has 0 saturated carbocycles. The van der Waals surface area contributed by atoms with Gasteiger partial charge in [-0.15, -0.1) is 0 Å². The summed E-state index contributed by atoms with van der Waals surface area (Å²) in [7, 11) is 2.02. The maximum atomic E-state index is 5.23. The summed E-state index contributed by atoms with van der Waals surface area (Å²) in [6.45, 7) is 2.62. The Morgan fingerprint density at radius 2 is 2.09 bits per heavy atom. The maximum absolute atomic E-state index is 5.23. The van der Waals surface area contributed by atoms with Crippen LogP contribution in [-0.4, -0.2) is 32.4 Å². The van der Waals surface area contributed by atoms with E-state index in [1.165, 1.54) is 36.8 Å². The summed E-state index contributed by atoms with van der Waals surface area (Å²) in [4.78, 5) is 10.7. The predicted octanol–water partition coefficient (Wildman–Crippen LogP) is 2.55. The number of rotatable bonds is 3. The molecular weight excluding hydrogens is 292 g/mol. The lowest BCUT2D eigenvalue weighted by Gasteiger charge is -2.18. The standard InChI is InChI=1S/C16H20N6O/c1-10-14-15(17-9-18-16(14)23-21-10)22(2)8-13-11-6-4-3-5-7-12(11)19-20-13/h9H,3-8H2,1-2H3,(H,19,20). The number of nitrogens with one attached hydrogen (secondary N) is 1. The largest absolute Gasteiger partial charge is 0.353 e. The molecule has 1 aliphatic carbocycles. The first kappa shape index (κ1) is 14.2. The molecule has 0 aromatic carbocycles. The van der Waals surface area contributed by atoms with Gasteiger partial charge in [-0.2, -0.15) is 10.1 Å². The number of aromatic nitrogens is 5. The van der Waals surface area contributed by atoms with Crippen molar-refractivity contribution in [2.75, 3.05) is 11.9 Å². The molecule has 23 heavy (non-hydrogen) atoms. The van der Waals surface area contributed by atoms with Crippen molar-refractivity contribution in [1.82, 2.24) is 25.3 Å². The van der Waals surface area contributed by atoms with Crippen molar-refractivity contribution in [2.24, 2.45) is 0 Å². The van der Waals surface area contributed by atoms with Gasteiger partial charge in [-0.1, -0.05) is 11.6 Å². The number of hydrogen-bond donors (Lipinski definition) is 1. The first-order valence-corrected chi connectivity index (χ1v) is 8.07. The minimum Gasteiger partial charge on any atom is -0.353 e. The SMILES string of the molecule is Cc1noc2ncnc(N(C)Cc3n[nH]c4c3CCCCC4)c12. The lowest BCUT2D eigenvalue weighted by Crippen LogP contribution is -2.19. The number of anilines is 1. The van der Waals surface area contributed by atoms with E-state index < -0.39 is 0 Å². The average molecular weight is 312 g/mol. The van der Waals surface area contributed by atoms with Gasteiger partial charge >= 0.3 is 0 Å². The van der Waals surface area contributed by atoms with E-state index in [1.807, 2.05) is 14.0 Å². The van der Waals surface area contributed by atoms with Crippen LogP contribution in [-0.2, 0) is 19.4 Å². The van der Waals surface area contributed by atoms with Crippen molar-refractivity contribution >= 4 is 16.9 Å². The molecule has 4 rings (SSSR count). The van der Waals surface area contributed by atoms with E-state index in [0.29, 0.717) is 12.3 Å². The predicted molar refractivity (Wildman–Crippen MR) is 86.3 cm³/mol.